The summed E-state index contributed by atoms with van der Waals surface area (Å²) in [5.74, 6) is 0. The van der Waals surface area contributed by atoms with Gasteiger partial charge in [0.15, 0.2) is 0 Å². The number of hydrogen-bond acceptors (Lipinski definition) is 3. The maximum atomic E-state index is 8.61. The first-order valence-electron chi connectivity index (χ1n) is 4.22. The number of aliphatic hydroxyl groups excluding tert-OH is 1. The molecule has 1 aliphatic rings. The van der Waals surface area contributed by atoms with Gasteiger partial charge in [0, 0.05) is 13.1 Å². The molecule has 0 saturated carbocycles. The van der Waals surface area contributed by atoms with E-state index in [1.165, 1.54) is 0 Å². The van der Waals surface area contributed by atoms with Crippen molar-refractivity contribution in [3.05, 3.63) is 0 Å². The number of aliphatic hydroxyl groups is 1. The lowest BCUT2D eigenvalue weighted by atomic mass is 10.2. The first-order chi connectivity index (χ1) is 5.27. The van der Waals surface area contributed by atoms with Crippen molar-refractivity contribution in [3.63, 3.8) is 0 Å². The van der Waals surface area contributed by atoms with Crippen LogP contribution in [0.15, 0.2) is 0 Å². The van der Waals surface area contributed by atoms with E-state index in [9.17, 15) is 0 Å². The highest BCUT2D eigenvalue weighted by Crippen LogP contribution is 2.25. The lowest BCUT2D eigenvalue weighted by Gasteiger charge is -2.12. The van der Waals surface area contributed by atoms with Crippen LogP contribution in [0.1, 0.15) is 13.3 Å². The highest BCUT2D eigenvalue weighted by atomic mass is 16.6. The molecule has 2 atom stereocenters. The topological polar surface area (TPSA) is 36.0 Å². The van der Waals surface area contributed by atoms with Crippen molar-refractivity contribution < 1.29 is 9.84 Å². The van der Waals surface area contributed by atoms with E-state index >= 15 is 0 Å². The van der Waals surface area contributed by atoms with Crippen LogP contribution in [-0.2, 0) is 4.74 Å². The Bertz CT molecular complexity index is 119. The Morgan fingerprint density at radius 3 is 2.64 bits per heavy atom. The van der Waals surface area contributed by atoms with Crippen molar-refractivity contribution >= 4 is 0 Å². The molecule has 1 rings (SSSR count). The van der Waals surface area contributed by atoms with Crippen LogP contribution in [0.3, 0.4) is 0 Å². The molecule has 3 nitrogen and oxygen atoms in total. The molecule has 0 spiro atoms. The van der Waals surface area contributed by atoms with E-state index in [0.717, 1.165) is 19.5 Å². The lowest BCUT2D eigenvalue weighted by molar-refractivity contribution is 0.209. The van der Waals surface area contributed by atoms with Crippen LogP contribution in [0.2, 0.25) is 0 Å². The zero-order valence-electron chi connectivity index (χ0n) is 7.29. The predicted molar refractivity (Wildman–Crippen MR) is 43.5 cm³/mol. The van der Waals surface area contributed by atoms with Crippen molar-refractivity contribution in [2.24, 2.45) is 0 Å². The first-order valence-corrected chi connectivity index (χ1v) is 4.22. The Kier molecular flexibility index (Phi) is 3.30. The summed E-state index contributed by atoms with van der Waals surface area (Å²) in [6.45, 7) is 4.08. The molecular formula is C8H17NO2. The molecule has 0 aromatic rings. The number of rotatable bonds is 5. The van der Waals surface area contributed by atoms with Crippen LogP contribution in [-0.4, -0.2) is 49.0 Å². The van der Waals surface area contributed by atoms with Gasteiger partial charge in [-0.1, -0.05) is 6.92 Å². The minimum Gasteiger partial charge on any atom is -0.395 e. The Labute approximate surface area is 68.0 Å². The summed E-state index contributed by atoms with van der Waals surface area (Å²) in [6.07, 6.45) is 2.02. The number of nitrogens with zero attached hydrogens (tertiary/aromatic N) is 1. The minimum atomic E-state index is 0.236. The summed E-state index contributed by atoms with van der Waals surface area (Å²) < 4.78 is 5.36. The fourth-order valence-electron chi connectivity index (χ4n) is 1.27. The second-order valence-electron chi connectivity index (χ2n) is 3.11. The van der Waals surface area contributed by atoms with Crippen molar-refractivity contribution in [1.29, 1.82) is 0 Å². The highest BCUT2D eigenvalue weighted by Gasteiger charge is 2.37. The lowest BCUT2D eigenvalue weighted by Crippen LogP contribution is -2.27. The number of epoxide rings is 1. The van der Waals surface area contributed by atoms with Gasteiger partial charge in [0.25, 0.3) is 0 Å². The molecule has 1 aliphatic heterocycles. The van der Waals surface area contributed by atoms with Gasteiger partial charge in [-0.25, -0.2) is 0 Å². The molecule has 0 radical (unpaired) electrons. The molecule has 0 aliphatic carbocycles. The van der Waals surface area contributed by atoms with E-state index in [0.29, 0.717) is 12.2 Å². The maximum absolute atomic E-state index is 8.61. The van der Waals surface area contributed by atoms with Gasteiger partial charge in [-0.05, 0) is 13.5 Å². The molecule has 1 fully saturated rings. The van der Waals surface area contributed by atoms with E-state index in [-0.39, 0.29) is 6.61 Å². The molecule has 0 aromatic carbocycles. The van der Waals surface area contributed by atoms with E-state index in [1.54, 1.807) is 0 Å². The summed E-state index contributed by atoms with van der Waals surface area (Å²) in [5, 5.41) is 8.61. The van der Waals surface area contributed by atoms with Crippen molar-refractivity contribution in [3.8, 4) is 0 Å². The van der Waals surface area contributed by atoms with Gasteiger partial charge in [0.2, 0.25) is 0 Å². The molecule has 66 valence electrons. The molecule has 0 bridgehead atoms. The van der Waals surface area contributed by atoms with Gasteiger partial charge in [-0.2, -0.15) is 0 Å². The van der Waals surface area contributed by atoms with Crippen LogP contribution in [0.25, 0.3) is 0 Å². The molecule has 1 heterocycles. The van der Waals surface area contributed by atoms with E-state index in [1.807, 2.05) is 7.05 Å². The minimum absolute atomic E-state index is 0.236. The largest absolute Gasteiger partial charge is 0.395 e. The zero-order chi connectivity index (χ0) is 8.27. The average Bonchev–Trinajstić information content (AvgIpc) is 2.68. The third-order valence-corrected chi connectivity index (χ3v) is 2.06. The number of hydrogen-bond donors (Lipinski definition) is 1. The predicted octanol–water partition coefficient (Wildman–Crippen LogP) is 0.0879. The second kappa shape index (κ2) is 4.04. The molecule has 11 heavy (non-hydrogen) atoms. The van der Waals surface area contributed by atoms with Crippen LogP contribution in [0.4, 0.5) is 0 Å². The Morgan fingerprint density at radius 1 is 1.45 bits per heavy atom. The molecular weight excluding hydrogens is 142 g/mol. The summed E-state index contributed by atoms with van der Waals surface area (Å²) in [4.78, 5) is 2.10. The van der Waals surface area contributed by atoms with Gasteiger partial charge in [0.05, 0.1) is 18.8 Å². The Morgan fingerprint density at radius 2 is 2.18 bits per heavy atom. The van der Waals surface area contributed by atoms with Gasteiger partial charge in [-0.3, -0.25) is 0 Å². The smallest absolute Gasteiger partial charge is 0.0968 e. The van der Waals surface area contributed by atoms with Gasteiger partial charge >= 0.3 is 0 Å². The molecule has 1 N–H and O–H groups in total. The van der Waals surface area contributed by atoms with Crippen LogP contribution in [0.5, 0.6) is 0 Å². The maximum Gasteiger partial charge on any atom is 0.0968 e. The Balaban J connectivity index is 2.03. The van der Waals surface area contributed by atoms with Crippen LogP contribution >= 0.6 is 0 Å². The Hall–Kier alpha value is -0.120. The quantitative estimate of drug-likeness (QED) is 0.577. The molecule has 1 saturated heterocycles. The fraction of sp³-hybridized carbons (Fsp3) is 1.00. The van der Waals surface area contributed by atoms with Crippen LogP contribution < -0.4 is 0 Å². The van der Waals surface area contributed by atoms with Gasteiger partial charge in [0.1, 0.15) is 0 Å². The molecule has 0 amide bonds. The average molecular weight is 159 g/mol. The summed E-state index contributed by atoms with van der Waals surface area (Å²) in [7, 11) is 2.00. The van der Waals surface area contributed by atoms with E-state index in [2.05, 4.69) is 11.8 Å². The summed E-state index contributed by atoms with van der Waals surface area (Å²) in [6, 6.07) is 0. The first kappa shape index (κ1) is 8.97. The molecule has 0 aromatic heterocycles. The van der Waals surface area contributed by atoms with Crippen molar-refractivity contribution in [1.82, 2.24) is 4.90 Å². The third-order valence-electron chi connectivity index (χ3n) is 2.06. The normalized spacial score (nSPS) is 29.5. The second-order valence-corrected chi connectivity index (χ2v) is 3.11. The van der Waals surface area contributed by atoms with Gasteiger partial charge < -0.3 is 14.7 Å². The zero-order valence-corrected chi connectivity index (χ0v) is 7.29. The van der Waals surface area contributed by atoms with Crippen molar-refractivity contribution in [2.45, 2.75) is 25.6 Å². The third kappa shape index (κ3) is 2.77. The van der Waals surface area contributed by atoms with E-state index in [4.69, 9.17) is 9.84 Å². The standard InChI is InChI=1S/C8H17NO2/c1-3-7-8(11-7)6-9(2)4-5-10/h7-8,10H,3-6H2,1-2H3. The SMILES string of the molecule is CCC1OC1CN(C)CCO. The van der Waals surface area contributed by atoms with E-state index < -0.39 is 0 Å². The molecule has 3 heteroatoms. The van der Waals surface area contributed by atoms with Crippen molar-refractivity contribution in [2.75, 3.05) is 26.7 Å². The number of likely N-dealkylation sites (N-methyl/N-ethyl adjacent to an activating group) is 1. The van der Waals surface area contributed by atoms with Gasteiger partial charge in [-0.15, -0.1) is 0 Å². The van der Waals surface area contributed by atoms with Crippen LogP contribution in [0, 0.1) is 0 Å². The number of ether oxygens (including phenoxy) is 1. The fourth-order valence-corrected chi connectivity index (χ4v) is 1.27. The summed E-state index contributed by atoms with van der Waals surface area (Å²) >= 11 is 0. The summed E-state index contributed by atoms with van der Waals surface area (Å²) in [5.41, 5.74) is 0. The monoisotopic (exact) mass is 159 g/mol. The molecule has 2 unspecified atom stereocenters. The highest BCUT2D eigenvalue weighted by molar-refractivity contribution is 4.85.